The van der Waals surface area contributed by atoms with Crippen LogP contribution in [0.5, 0.6) is 0 Å². The van der Waals surface area contributed by atoms with Crippen LogP contribution >= 0.6 is 0 Å². The van der Waals surface area contributed by atoms with Crippen LogP contribution in [0.15, 0.2) is 119 Å². The maximum Gasteiger partial charge on any atom is 0.206 e. The molecule has 0 amide bonds. The van der Waals surface area contributed by atoms with Gasteiger partial charge in [0.1, 0.15) is 11.4 Å². The summed E-state index contributed by atoms with van der Waals surface area (Å²) in [7, 11) is 9.12. The summed E-state index contributed by atoms with van der Waals surface area (Å²) in [6.07, 6.45) is 0. The van der Waals surface area contributed by atoms with E-state index >= 15 is 0 Å². The van der Waals surface area contributed by atoms with E-state index in [9.17, 15) is 28.2 Å². The van der Waals surface area contributed by atoms with E-state index < -0.39 is 21.8 Å². The number of carbonyl (C=O) groups excluding carboxylic acids is 2. The van der Waals surface area contributed by atoms with Gasteiger partial charge in [-0.3, -0.25) is 8.97 Å². The van der Waals surface area contributed by atoms with Crippen molar-refractivity contribution < 1.29 is 28.2 Å². The van der Waals surface area contributed by atoms with E-state index in [0.717, 1.165) is 57.5 Å². The molecule has 0 saturated carbocycles. The topological polar surface area (TPSA) is 114 Å². The first-order valence-corrected chi connectivity index (χ1v) is 14.1. The highest BCUT2D eigenvalue weighted by atomic mass is 32.2. The second kappa shape index (κ2) is 13.8. The van der Waals surface area contributed by atoms with Gasteiger partial charge in [-0.05, 0) is 59.7 Å². The molecule has 0 aliphatic heterocycles. The molecule has 0 heterocycles. The van der Waals surface area contributed by atoms with Crippen LogP contribution in [0.1, 0.15) is 20.7 Å². The minimum Gasteiger partial charge on any atom is -0.545 e. The van der Waals surface area contributed by atoms with Gasteiger partial charge >= 0.3 is 0 Å². The fraction of sp³-hybridized carbons (Fsp3) is 0.188. The Balaban J connectivity index is 0.000000244. The van der Waals surface area contributed by atoms with Crippen molar-refractivity contribution in [3.05, 3.63) is 120 Å². The lowest BCUT2D eigenvalue weighted by atomic mass is 10.2. The molecular weight excluding hydrogens is 540 g/mol. The van der Waals surface area contributed by atoms with E-state index in [1.54, 1.807) is 0 Å². The first-order valence-electron chi connectivity index (χ1n) is 12.7. The Kier molecular flexibility index (Phi) is 11.1. The highest BCUT2D eigenvalue weighted by Crippen LogP contribution is 2.21. The third-order valence-electron chi connectivity index (χ3n) is 5.86. The lowest BCUT2D eigenvalue weighted by Crippen LogP contribution is -2.34. The van der Waals surface area contributed by atoms with Gasteiger partial charge < -0.3 is 19.8 Å². The van der Waals surface area contributed by atoms with Crippen molar-refractivity contribution in [1.82, 2.24) is 8.97 Å². The Labute approximate surface area is 242 Å². The largest absolute Gasteiger partial charge is 0.545 e. The van der Waals surface area contributed by atoms with Crippen molar-refractivity contribution in [2.24, 2.45) is 0 Å². The van der Waals surface area contributed by atoms with Gasteiger partial charge in [0.15, 0.2) is 0 Å². The van der Waals surface area contributed by atoms with Crippen LogP contribution < -0.4 is 19.2 Å². The molecule has 0 atom stereocenters. The van der Waals surface area contributed by atoms with Crippen molar-refractivity contribution in [3.63, 3.8) is 0 Å². The molecule has 0 spiro atoms. The quantitative estimate of drug-likeness (QED) is 0.326. The summed E-state index contributed by atoms with van der Waals surface area (Å²) in [6.45, 7) is 0. The minimum absolute atomic E-state index is 0.103. The van der Waals surface area contributed by atoms with Gasteiger partial charge in [0.2, 0.25) is 9.84 Å². The van der Waals surface area contributed by atoms with E-state index in [1.165, 1.54) is 11.4 Å². The highest BCUT2D eigenvalue weighted by molar-refractivity contribution is 7.91. The van der Waals surface area contributed by atoms with Gasteiger partial charge in [0.05, 0.1) is 64.0 Å². The van der Waals surface area contributed by atoms with Gasteiger partial charge in [0, 0.05) is 0 Å². The summed E-state index contributed by atoms with van der Waals surface area (Å²) < 4.78 is 26.3. The molecule has 0 aromatic heterocycles. The summed E-state index contributed by atoms with van der Waals surface area (Å²) in [5, 5.41) is 21.2. The zero-order valence-corrected chi connectivity index (χ0v) is 25.0. The van der Waals surface area contributed by atoms with E-state index in [0.29, 0.717) is 0 Å². The van der Waals surface area contributed by atoms with Crippen LogP contribution in [0.4, 0.5) is 11.4 Å². The fourth-order valence-electron chi connectivity index (χ4n) is 3.43. The summed E-state index contributed by atoms with van der Waals surface area (Å²) in [4.78, 5) is 21.0. The highest BCUT2D eigenvalue weighted by Gasteiger charge is 2.17. The minimum atomic E-state index is -3.85. The summed E-state index contributed by atoms with van der Waals surface area (Å²) in [6, 6.07) is 30.0. The maximum atomic E-state index is 12.3. The van der Waals surface area contributed by atoms with Crippen LogP contribution in [0, 0.1) is 0 Å². The van der Waals surface area contributed by atoms with E-state index in [-0.39, 0.29) is 20.9 Å². The molecule has 0 unspecified atom stereocenters. The fourth-order valence-corrected chi connectivity index (χ4v) is 4.69. The summed E-state index contributed by atoms with van der Waals surface area (Å²) in [5.41, 5.74) is 2.40. The van der Waals surface area contributed by atoms with Crippen LogP contribution in [0.25, 0.3) is 0 Å². The first kappa shape index (κ1) is 32.9. The van der Waals surface area contributed by atoms with Crippen LogP contribution in [-0.2, 0) is 9.84 Å². The Morgan fingerprint density at radius 2 is 0.756 bits per heavy atom. The van der Waals surface area contributed by atoms with E-state index in [4.69, 9.17) is 0 Å². The standard InChI is InChI=1S/C14H10O6S.2C9H14N/c15-13(16)9-1-5-11(6-2-9)21(19,20)12-7-3-10(4-8-12)14(17)18;2*1-10(2,3)9-7-5-4-6-8-9/h1-8H,(H,15,16)(H,17,18);2*4-8H,1-3H3/q;2*+1/p-2. The van der Waals surface area contributed by atoms with Crippen molar-refractivity contribution >= 4 is 33.2 Å². The van der Waals surface area contributed by atoms with Crippen molar-refractivity contribution in [2.45, 2.75) is 9.79 Å². The van der Waals surface area contributed by atoms with Crippen LogP contribution in [0.2, 0.25) is 0 Å². The molecule has 0 N–H and O–H groups in total. The number of benzene rings is 4. The number of carboxylic acids is 2. The number of quaternary nitrogens is 2. The number of nitrogens with zero attached hydrogens (tertiary/aromatic N) is 2. The lowest BCUT2D eigenvalue weighted by molar-refractivity contribution is -0.256. The number of hydrogen-bond donors (Lipinski definition) is 0. The molecule has 8 nitrogen and oxygen atoms in total. The molecule has 0 bridgehead atoms. The summed E-state index contributed by atoms with van der Waals surface area (Å²) in [5.74, 6) is -2.81. The van der Waals surface area contributed by atoms with Crippen molar-refractivity contribution in [1.29, 1.82) is 0 Å². The molecular formula is C32H36N2O6S. The number of carbonyl (C=O) groups is 2. The zero-order chi connectivity index (χ0) is 30.8. The average molecular weight is 577 g/mol. The van der Waals surface area contributed by atoms with Gasteiger partial charge in [-0.1, -0.05) is 60.7 Å². The molecule has 4 aromatic carbocycles. The smallest absolute Gasteiger partial charge is 0.206 e. The monoisotopic (exact) mass is 576 g/mol. The lowest BCUT2D eigenvalue weighted by Gasteiger charge is -2.22. The predicted molar refractivity (Wildman–Crippen MR) is 159 cm³/mol. The van der Waals surface area contributed by atoms with E-state index in [2.05, 4.69) is 90.8 Å². The normalized spacial score (nSPS) is 11.3. The second-order valence-corrected chi connectivity index (χ2v) is 12.8. The SMILES string of the molecule is C[N+](C)(C)c1ccccc1.C[N+](C)(C)c1ccccc1.O=C([O-])c1ccc(S(=O)(=O)c2ccc(C(=O)[O-])cc2)cc1. The Bertz CT molecular complexity index is 1410. The molecule has 9 heteroatoms. The predicted octanol–water partition coefficient (Wildman–Crippen LogP) is 3.01. The average Bonchev–Trinajstić information content (AvgIpc) is 2.94. The Morgan fingerprint density at radius 3 is 0.951 bits per heavy atom. The zero-order valence-electron chi connectivity index (χ0n) is 24.1. The van der Waals surface area contributed by atoms with Gasteiger partial charge in [0.25, 0.3) is 0 Å². The third kappa shape index (κ3) is 9.99. The Hall–Kier alpha value is -4.31. The molecule has 0 saturated heterocycles. The van der Waals surface area contributed by atoms with Gasteiger partial charge in [-0.2, -0.15) is 0 Å². The van der Waals surface area contributed by atoms with Gasteiger partial charge in [-0.25, -0.2) is 8.42 Å². The molecule has 216 valence electrons. The molecule has 0 radical (unpaired) electrons. The van der Waals surface area contributed by atoms with Crippen molar-refractivity contribution in [2.75, 3.05) is 42.3 Å². The third-order valence-corrected chi connectivity index (χ3v) is 7.65. The molecule has 41 heavy (non-hydrogen) atoms. The van der Waals surface area contributed by atoms with E-state index in [1.807, 2.05) is 12.1 Å². The molecule has 4 rings (SSSR count). The number of sulfone groups is 1. The number of rotatable bonds is 6. The van der Waals surface area contributed by atoms with Crippen molar-refractivity contribution in [3.8, 4) is 0 Å². The Morgan fingerprint density at radius 1 is 0.488 bits per heavy atom. The molecule has 0 aliphatic carbocycles. The molecule has 0 aliphatic rings. The van der Waals surface area contributed by atoms with Gasteiger partial charge in [-0.15, -0.1) is 0 Å². The second-order valence-electron chi connectivity index (χ2n) is 10.8. The number of hydrogen-bond acceptors (Lipinski definition) is 6. The summed E-state index contributed by atoms with van der Waals surface area (Å²) >= 11 is 0. The number of aromatic carboxylic acids is 2. The van der Waals surface area contributed by atoms with Crippen LogP contribution in [0.3, 0.4) is 0 Å². The molecule has 0 fully saturated rings. The number of carboxylic acid groups (broad SMARTS) is 2. The number of para-hydroxylation sites is 2. The maximum absolute atomic E-state index is 12.3. The first-order chi connectivity index (χ1) is 19.0. The molecule has 4 aromatic rings. The van der Waals surface area contributed by atoms with Crippen LogP contribution in [-0.4, -0.2) is 62.6 Å².